The van der Waals surface area contributed by atoms with Gasteiger partial charge in [-0.1, -0.05) is 6.92 Å². The van der Waals surface area contributed by atoms with Gasteiger partial charge in [-0.25, -0.2) is 0 Å². The fourth-order valence-corrected chi connectivity index (χ4v) is 2.05. The molecule has 1 rings (SSSR count). The van der Waals surface area contributed by atoms with E-state index in [0.717, 1.165) is 32.8 Å². The molecule has 1 aliphatic rings. The summed E-state index contributed by atoms with van der Waals surface area (Å²) in [5.41, 5.74) is 0. The van der Waals surface area contributed by atoms with E-state index in [1.165, 1.54) is 0 Å². The van der Waals surface area contributed by atoms with Crippen LogP contribution in [0.4, 0.5) is 0 Å². The maximum atomic E-state index is 5.67. The van der Waals surface area contributed by atoms with Crippen LogP contribution in [-0.2, 0) is 14.2 Å². The molecule has 0 bridgehead atoms. The highest BCUT2D eigenvalue weighted by Crippen LogP contribution is 2.17. The van der Waals surface area contributed by atoms with E-state index in [2.05, 4.69) is 12.2 Å². The molecule has 1 N–H and O–H groups in total. The predicted molar refractivity (Wildman–Crippen MR) is 68.3 cm³/mol. The highest BCUT2D eigenvalue weighted by Gasteiger charge is 2.24. The van der Waals surface area contributed by atoms with Gasteiger partial charge >= 0.3 is 0 Å². The van der Waals surface area contributed by atoms with Crippen LogP contribution in [0.25, 0.3) is 0 Å². The molecule has 0 spiro atoms. The van der Waals surface area contributed by atoms with Gasteiger partial charge in [-0.15, -0.1) is 0 Å². The van der Waals surface area contributed by atoms with E-state index in [1.807, 2.05) is 13.8 Å². The molecule has 2 unspecified atom stereocenters. The van der Waals surface area contributed by atoms with Crippen molar-refractivity contribution in [2.75, 3.05) is 39.6 Å². The molecule has 1 saturated heterocycles. The Kier molecular flexibility index (Phi) is 7.77. The maximum absolute atomic E-state index is 5.67. The van der Waals surface area contributed by atoms with Gasteiger partial charge in [0.2, 0.25) is 0 Å². The van der Waals surface area contributed by atoms with Crippen molar-refractivity contribution in [2.45, 2.75) is 39.3 Å². The molecule has 2 atom stereocenters. The highest BCUT2D eigenvalue weighted by molar-refractivity contribution is 4.78. The van der Waals surface area contributed by atoms with Crippen molar-refractivity contribution in [3.8, 4) is 0 Å². The van der Waals surface area contributed by atoms with Crippen LogP contribution in [0.3, 0.4) is 0 Å². The average molecular weight is 245 g/mol. The van der Waals surface area contributed by atoms with E-state index < -0.39 is 0 Å². The summed E-state index contributed by atoms with van der Waals surface area (Å²) in [6.45, 7) is 11.0. The molecule has 1 heterocycles. The van der Waals surface area contributed by atoms with Crippen LogP contribution >= 0.6 is 0 Å². The van der Waals surface area contributed by atoms with Gasteiger partial charge in [-0.3, -0.25) is 0 Å². The summed E-state index contributed by atoms with van der Waals surface area (Å²) in [6.07, 6.45) is 1.43. The van der Waals surface area contributed by atoms with E-state index in [1.54, 1.807) is 0 Å². The second-order valence-electron chi connectivity index (χ2n) is 4.78. The van der Waals surface area contributed by atoms with Gasteiger partial charge in [-0.05, 0) is 26.8 Å². The van der Waals surface area contributed by atoms with Crippen LogP contribution in [0, 0.1) is 5.92 Å². The van der Waals surface area contributed by atoms with Gasteiger partial charge in [0, 0.05) is 18.6 Å². The van der Waals surface area contributed by atoms with Crippen LogP contribution in [0.1, 0.15) is 27.2 Å². The van der Waals surface area contributed by atoms with Crippen molar-refractivity contribution < 1.29 is 14.2 Å². The lowest BCUT2D eigenvalue weighted by molar-refractivity contribution is 0.00889. The minimum Gasteiger partial charge on any atom is -0.381 e. The van der Waals surface area contributed by atoms with E-state index in [9.17, 15) is 0 Å². The van der Waals surface area contributed by atoms with Crippen molar-refractivity contribution in [2.24, 2.45) is 5.92 Å². The Balaban J connectivity index is 2.11. The summed E-state index contributed by atoms with van der Waals surface area (Å²) in [5.74, 6) is 0.598. The second-order valence-corrected chi connectivity index (χ2v) is 4.78. The highest BCUT2D eigenvalue weighted by atomic mass is 16.5. The molecule has 17 heavy (non-hydrogen) atoms. The number of ether oxygens (including phenoxy) is 3. The zero-order valence-corrected chi connectivity index (χ0v) is 11.4. The van der Waals surface area contributed by atoms with Crippen molar-refractivity contribution >= 4 is 0 Å². The quantitative estimate of drug-likeness (QED) is 0.624. The molecule has 102 valence electrons. The number of hydrogen-bond acceptors (Lipinski definition) is 4. The first-order valence-corrected chi connectivity index (χ1v) is 6.74. The zero-order valence-electron chi connectivity index (χ0n) is 11.4. The third kappa shape index (κ3) is 6.36. The Morgan fingerprint density at radius 1 is 1.35 bits per heavy atom. The van der Waals surface area contributed by atoms with Crippen LogP contribution in [0.2, 0.25) is 0 Å². The van der Waals surface area contributed by atoms with E-state index in [0.29, 0.717) is 25.2 Å². The lowest BCUT2D eigenvalue weighted by atomic mass is 10.00. The minimum atomic E-state index is 0.284. The number of nitrogens with one attached hydrogen (secondary N) is 1. The predicted octanol–water partition coefficient (Wildman–Crippen LogP) is 1.44. The fraction of sp³-hybridized carbons (Fsp3) is 1.00. The van der Waals surface area contributed by atoms with Crippen molar-refractivity contribution in [1.82, 2.24) is 5.32 Å². The molecule has 0 amide bonds. The number of rotatable bonds is 9. The molecule has 0 saturated carbocycles. The molecule has 4 heteroatoms. The summed E-state index contributed by atoms with van der Waals surface area (Å²) in [7, 11) is 0. The Morgan fingerprint density at radius 2 is 2.18 bits per heavy atom. The average Bonchev–Trinajstić information content (AvgIpc) is 2.80. The van der Waals surface area contributed by atoms with Gasteiger partial charge in [0.05, 0.1) is 32.5 Å². The molecular weight excluding hydrogens is 218 g/mol. The normalized spacial score (nSPS) is 22.2. The zero-order chi connectivity index (χ0) is 12.5. The SMILES string of the molecule is CCNC(COCCOC(C)C)C1CCOC1. The topological polar surface area (TPSA) is 39.7 Å². The summed E-state index contributed by atoms with van der Waals surface area (Å²) in [6, 6.07) is 0.418. The molecule has 4 nitrogen and oxygen atoms in total. The Morgan fingerprint density at radius 3 is 2.76 bits per heavy atom. The van der Waals surface area contributed by atoms with Crippen molar-refractivity contribution in [3.63, 3.8) is 0 Å². The first kappa shape index (κ1) is 14.9. The van der Waals surface area contributed by atoms with Crippen molar-refractivity contribution in [3.05, 3.63) is 0 Å². The van der Waals surface area contributed by atoms with Crippen molar-refractivity contribution in [1.29, 1.82) is 0 Å². The first-order valence-electron chi connectivity index (χ1n) is 6.74. The van der Waals surface area contributed by atoms with Gasteiger partial charge in [0.1, 0.15) is 0 Å². The number of likely N-dealkylation sites (N-methyl/N-ethyl adjacent to an activating group) is 1. The van der Waals surface area contributed by atoms with Crippen LogP contribution in [0.5, 0.6) is 0 Å². The summed E-state index contributed by atoms with van der Waals surface area (Å²) in [4.78, 5) is 0. The molecule has 0 radical (unpaired) electrons. The minimum absolute atomic E-state index is 0.284. The molecular formula is C13H27NO3. The van der Waals surface area contributed by atoms with Crippen LogP contribution < -0.4 is 5.32 Å². The Hall–Kier alpha value is -0.160. The number of hydrogen-bond donors (Lipinski definition) is 1. The molecule has 0 aromatic rings. The summed E-state index contributed by atoms with van der Waals surface area (Å²) in [5, 5.41) is 3.48. The monoisotopic (exact) mass is 245 g/mol. The third-order valence-electron chi connectivity index (χ3n) is 2.98. The summed E-state index contributed by atoms with van der Waals surface area (Å²) < 4.78 is 16.5. The largest absolute Gasteiger partial charge is 0.381 e. The van der Waals surface area contributed by atoms with Gasteiger partial charge in [0.25, 0.3) is 0 Å². The van der Waals surface area contributed by atoms with Gasteiger partial charge in [0.15, 0.2) is 0 Å². The Bertz CT molecular complexity index is 182. The lowest BCUT2D eigenvalue weighted by Gasteiger charge is -2.23. The molecule has 0 aromatic heterocycles. The molecule has 0 aliphatic carbocycles. The first-order chi connectivity index (χ1) is 8.24. The molecule has 1 aliphatic heterocycles. The van der Waals surface area contributed by atoms with Crippen LogP contribution in [0.15, 0.2) is 0 Å². The summed E-state index contributed by atoms with van der Waals surface area (Å²) >= 11 is 0. The van der Waals surface area contributed by atoms with Gasteiger partial charge in [-0.2, -0.15) is 0 Å². The Labute approximate surface area is 105 Å². The standard InChI is InChI=1S/C13H27NO3/c1-4-14-13(12-5-6-15-9-12)10-16-7-8-17-11(2)3/h11-14H,4-10H2,1-3H3. The fourth-order valence-electron chi connectivity index (χ4n) is 2.05. The van der Waals surface area contributed by atoms with Gasteiger partial charge < -0.3 is 19.5 Å². The van der Waals surface area contributed by atoms with E-state index in [-0.39, 0.29) is 6.10 Å². The smallest absolute Gasteiger partial charge is 0.0703 e. The molecule has 1 fully saturated rings. The van der Waals surface area contributed by atoms with Crippen LogP contribution in [-0.4, -0.2) is 51.7 Å². The molecule has 0 aromatic carbocycles. The third-order valence-corrected chi connectivity index (χ3v) is 2.98. The maximum Gasteiger partial charge on any atom is 0.0703 e. The van der Waals surface area contributed by atoms with E-state index in [4.69, 9.17) is 14.2 Å². The van der Waals surface area contributed by atoms with E-state index >= 15 is 0 Å². The lowest BCUT2D eigenvalue weighted by Crippen LogP contribution is -2.40. The second kappa shape index (κ2) is 8.86.